The van der Waals surface area contributed by atoms with Crippen LogP contribution in [-0.4, -0.2) is 22.8 Å². The van der Waals surface area contributed by atoms with E-state index in [9.17, 15) is 14.4 Å². The van der Waals surface area contributed by atoms with Crippen molar-refractivity contribution in [2.75, 3.05) is 5.32 Å². The van der Waals surface area contributed by atoms with E-state index in [0.29, 0.717) is 5.69 Å². The van der Waals surface area contributed by atoms with Crippen molar-refractivity contribution in [1.29, 1.82) is 0 Å². The van der Waals surface area contributed by atoms with Crippen LogP contribution in [0.4, 0.5) is 5.69 Å². The van der Waals surface area contributed by atoms with Crippen LogP contribution >= 0.6 is 12.2 Å². The quantitative estimate of drug-likeness (QED) is 0.325. The highest BCUT2D eigenvalue weighted by atomic mass is 32.1. The Hall–Kier alpha value is -3.52. The third kappa shape index (κ3) is 8.24. The van der Waals surface area contributed by atoms with Gasteiger partial charge in [0.05, 0.1) is 0 Å². The van der Waals surface area contributed by atoms with Gasteiger partial charge in [-0.15, -0.1) is 0 Å². The number of anilines is 1. The van der Waals surface area contributed by atoms with Gasteiger partial charge < -0.3 is 5.32 Å². The molecule has 8 heteroatoms. The van der Waals surface area contributed by atoms with Crippen LogP contribution in [0.25, 0.3) is 6.08 Å². The number of amides is 3. The lowest BCUT2D eigenvalue weighted by atomic mass is 10.1. The highest BCUT2D eigenvalue weighted by Crippen LogP contribution is 2.14. The molecule has 2 rings (SSSR count). The number of hydrogen-bond donors (Lipinski definition) is 4. The predicted octanol–water partition coefficient (Wildman–Crippen LogP) is 2.76. The number of nitrogens with one attached hydrogen (secondary N) is 4. The normalized spacial score (nSPS) is 10.3. The number of aryl methyl sites for hydroxylation is 2. The van der Waals surface area contributed by atoms with Crippen molar-refractivity contribution in [2.24, 2.45) is 0 Å². The van der Waals surface area contributed by atoms with Gasteiger partial charge in [0.25, 0.3) is 0 Å². The molecule has 3 amide bonds. The molecule has 0 saturated heterocycles. The molecule has 4 N–H and O–H groups in total. The Morgan fingerprint density at radius 3 is 2.30 bits per heavy atom. The third-order valence-electron chi connectivity index (χ3n) is 4.15. The number of carbonyl (C=O) groups excluding carboxylic acids is 3. The van der Waals surface area contributed by atoms with Gasteiger partial charge in [-0.3, -0.25) is 30.6 Å². The molecule has 2 aromatic rings. The van der Waals surface area contributed by atoms with Crippen LogP contribution in [0.2, 0.25) is 0 Å². The lowest BCUT2D eigenvalue weighted by Gasteiger charge is -2.10. The van der Waals surface area contributed by atoms with Crippen molar-refractivity contribution >= 4 is 46.8 Å². The zero-order chi connectivity index (χ0) is 21.9. The molecule has 0 aliphatic rings. The Labute approximate surface area is 180 Å². The molecule has 2 aromatic carbocycles. The maximum atomic E-state index is 12.0. The Morgan fingerprint density at radius 1 is 0.900 bits per heavy atom. The second kappa shape index (κ2) is 11.5. The zero-order valence-electron chi connectivity index (χ0n) is 16.8. The molecular weight excluding hydrogens is 400 g/mol. The van der Waals surface area contributed by atoms with Crippen molar-refractivity contribution in [1.82, 2.24) is 16.2 Å². The largest absolute Gasteiger partial charge is 0.326 e. The number of rotatable bonds is 6. The molecule has 0 radical (unpaired) electrons. The Bertz CT molecular complexity index is 958. The second-order valence-electron chi connectivity index (χ2n) is 6.58. The number of hydrogen-bond acceptors (Lipinski definition) is 4. The van der Waals surface area contributed by atoms with Crippen LogP contribution in [0.15, 0.2) is 54.6 Å². The van der Waals surface area contributed by atoms with Gasteiger partial charge in [0.2, 0.25) is 17.7 Å². The van der Waals surface area contributed by atoms with Gasteiger partial charge in [-0.1, -0.05) is 36.4 Å². The molecule has 0 heterocycles. The molecule has 7 nitrogen and oxygen atoms in total. The summed E-state index contributed by atoms with van der Waals surface area (Å²) in [6.45, 7) is 3.95. The van der Waals surface area contributed by atoms with Crippen LogP contribution in [-0.2, 0) is 14.4 Å². The first-order valence-electron chi connectivity index (χ1n) is 9.33. The van der Waals surface area contributed by atoms with Crippen LogP contribution in [0, 0.1) is 13.8 Å². The first-order chi connectivity index (χ1) is 14.3. The predicted molar refractivity (Wildman–Crippen MR) is 121 cm³/mol. The minimum Gasteiger partial charge on any atom is -0.326 e. The molecule has 0 atom stereocenters. The van der Waals surface area contributed by atoms with E-state index in [-0.39, 0.29) is 23.9 Å². The maximum absolute atomic E-state index is 12.0. The van der Waals surface area contributed by atoms with E-state index in [1.54, 1.807) is 6.08 Å². The first-order valence-corrected chi connectivity index (χ1v) is 9.74. The minimum absolute atomic E-state index is 0.0133. The van der Waals surface area contributed by atoms with Crippen molar-refractivity contribution < 1.29 is 14.4 Å². The lowest BCUT2D eigenvalue weighted by molar-refractivity contribution is -0.124. The molecule has 0 aliphatic heterocycles. The summed E-state index contributed by atoms with van der Waals surface area (Å²) < 4.78 is 0. The summed E-state index contributed by atoms with van der Waals surface area (Å²) in [5.74, 6) is -1.13. The third-order valence-corrected chi connectivity index (χ3v) is 4.35. The summed E-state index contributed by atoms with van der Waals surface area (Å²) in [6, 6.07) is 14.9. The van der Waals surface area contributed by atoms with Crippen molar-refractivity contribution in [3.63, 3.8) is 0 Å². The van der Waals surface area contributed by atoms with Gasteiger partial charge in [0, 0.05) is 24.6 Å². The van der Waals surface area contributed by atoms with E-state index in [4.69, 9.17) is 12.2 Å². The van der Waals surface area contributed by atoms with E-state index in [1.165, 1.54) is 6.08 Å². The summed E-state index contributed by atoms with van der Waals surface area (Å²) in [4.78, 5) is 35.7. The molecule has 0 spiro atoms. The second-order valence-corrected chi connectivity index (χ2v) is 6.99. The zero-order valence-corrected chi connectivity index (χ0v) is 17.6. The van der Waals surface area contributed by atoms with Gasteiger partial charge in [0.15, 0.2) is 5.11 Å². The standard InChI is InChI=1S/C22H24N4O3S/c1-15-8-10-18(14-16(15)2)23-19(27)12-13-21(29)25-26-22(30)24-20(28)11-9-17-6-4-3-5-7-17/h3-11,14H,12-13H2,1-2H3,(H,23,27)(H,25,29)(H2,24,26,28,30). The smallest absolute Gasteiger partial charge is 0.250 e. The fourth-order valence-electron chi connectivity index (χ4n) is 2.38. The lowest BCUT2D eigenvalue weighted by Crippen LogP contribution is -2.48. The number of carbonyl (C=O) groups is 3. The number of thiocarbonyl (C=S) groups is 1. The van der Waals surface area contributed by atoms with Gasteiger partial charge in [-0.05, 0) is 61.0 Å². The van der Waals surface area contributed by atoms with Crippen LogP contribution in [0.5, 0.6) is 0 Å². The topological polar surface area (TPSA) is 99.3 Å². The molecule has 156 valence electrons. The molecule has 0 bridgehead atoms. The Kier molecular flexibility index (Phi) is 8.71. The number of benzene rings is 2. The first kappa shape index (κ1) is 22.8. The van der Waals surface area contributed by atoms with E-state index in [1.807, 2.05) is 62.4 Å². The van der Waals surface area contributed by atoms with Crippen molar-refractivity contribution in [3.05, 3.63) is 71.3 Å². The average molecular weight is 425 g/mol. The fourth-order valence-corrected chi connectivity index (χ4v) is 2.53. The van der Waals surface area contributed by atoms with E-state index in [2.05, 4.69) is 21.5 Å². The fraction of sp³-hybridized carbons (Fsp3) is 0.182. The maximum Gasteiger partial charge on any atom is 0.250 e. The van der Waals surface area contributed by atoms with E-state index < -0.39 is 11.8 Å². The Morgan fingerprint density at radius 2 is 1.60 bits per heavy atom. The highest BCUT2D eigenvalue weighted by molar-refractivity contribution is 7.80. The SMILES string of the molecule is Cc1ccc(NC(=O)CCC(=O)NNC(=S)NC(=O)C=Cc2ccccc2)cc1C. The summed E-state index contributed by atoms with van der Waals surface area (Å²) in [5, 5.41) is 5.12. The van der Waals surface area contributed by atoms with Gasteiger partial charge in [-0.2, -0.15) is 0 Å². The summed E-state index contributed by atoms with van der Waals surface area (Å²) in [5.41, 5.74) is 8.55. The average Bonchev–Trinajstić information content (AvgIpc) is 2.72. The Balaban J connectivity index is 1.66. The van der Waals surface area contributed by atoms with Crippen molar-refractivity contribution in [2.45, 2.75) is 26.7 Å². The highest BCUT2D eigenvalue weighted by Gasteiger charge is 2.09. The molecule has 0 fully saturated rings. The van der Waals surface area contributed by atoms with Gasteiger partial charge in [0.1, 0.15) is 0 Å². The molecule has 0 unspecified atom stereocenters. The van der Waals surface area contributed by atoms with Crippen molar-refractivity contribution in [3.8, 4) is 0 Å². The molecule has 0 aliphatic carbocycles. The monoisotopic (exact) mass is 424 g/mol. The van der Waals surface area contributed by atoms with E-state index in [0.717, 1.165) is 16.7 Å². The summed E-state index contributed by atoms with van der Waals surface area (Å²) in [7, 11) is 0. The summed E-state index contributed by atoms with van der Waals surface area (Å²) >= 11 is 4.95. The molecule has 30 heavy (non-hydrogen) atoms. The summed E-state index contributed by atoms with van der Waals surface area (Å²) in [6.07, 6.45) is 2.96. The molecular formula is C22H24N4O3S. The van der Waals surface area contributed by atoms with Crippen LogP contribution < -0.4 is 21.5 Å². The van der Waals surface area contributed by atoms with E-state index >= 15 is 0 Å². The van der Waals surface area contributed by atoms with Gasteiger partial charge >= 0.3 is 0 Å². The molecule has 0 aromatic heterocycles. The van der Waals surface area contributed by atoms with Crippen LogP contribution in [0.3, 0.4) is 0 Å². The molecule has 0 saturated carbocycles. The number of hydrazine groups is 1. The van der Waals surface area contributed by atoms with Gasteiger partial charge in [-0.25, -0.2) is 0 Å². The minimum atomic E-state index is -0.432. The van der Waals surface area contributed by atoms with Crippen LogP contribution in [0.1, 0.15) is 29.5 Å².